The van der Waals surface area contributed by atoms with Crippen molar-refractivity contribution in [2.75, 3.05) is 32.1 Å². The van der Waals surface area contributed by atoms with Crippen molar-refractivity contribution in [3.8, 4) is 5.75 Å². The molecule has 0 aliphatic heterocycles. The van der Waals surface area contributed by atoms with Gasteiger partial charge in [0, 0.05) is 37.9 Å². The Morgan fingerprint density at radius 2 is 1.75 bits per heavy atom. The molecular weight excluding hydrogens is 302 g/mol. The molecule has 2 amide bonds. The average Bonchev–Trinajstić information content (AvgIpc) is 2.64. The van der Waals surface area contributed by atoms with E-state index in [0.717, 1.165) is 24.3 Å². The molecule has 24 heavy (non-hydrogen) atoms. The van der Waals surface area contributed by atoms with Crippen LogP contribution >= 0.6 is 0 Å². The fraction of sp³-hybridized carbons (Fsp3) is 0.316. The highest BCUT2D eigenvalue weighted by molar-refractivity contribution is 5.73. The van der Waals surface area contributed by atoms with Crippen molar-refractivity contribution in [3.05, 3.63) is 60.2 Å². The van der Waals surface area contributed by atoms with Crippen LogP contribution in [0.2, 0.25) is 0 Å². The smallest absolute Gasteiger partial charge is 0.315 e. The molecule has 2 aromatic carbocycles. The normalized spacial score (nSPS) is 10.1. The van der Waals surface area contributed by atoms with E-state index >= 15 is 0 Å². The molecule has 5 heteroatoms. The first-order valence-electron chi connectivity index (χ1n) is 8.10. The van der Waals surface area contributed by atoms with E-state index < -0.39 is 0 Å². The number of amides is 2. The van der Waals surface area contributed by atoms with Crippen LogP contribution in [0.25, 0.3) is 0 Å². The van der Waals surface area contributed by atoms with E-state index in [4.69, 9.17) is 4.74 Å². The van der Waals surface area contributed by atoms with Crippen molar-refractivity contribution in [1.29, 1.82) is 0 Å². The van der Waals surface area contributed by atoms with Gasteiger partial charge >= 0.3 is 6.03 Å². The van der Waals surface area contributed by atoms with Crippen LogP contribution in [0, 0.1) is 0 Å². The molecule has 0 aliphatic carbocycles. The van der Waals surface area contributed by atoms with Crippen LogP contribution < -0.4 is 20.3 Å². The first kappa shape index (κ1) is 17.7. The average molecular weight is 327 g/mol. The van der Waals surface area contributed by atoms with Gasteiger partial charge in [-0.3, -0.25) is 0 Å². The summed E-state index contributed by atoms with van der Waals surface area (Å²) >= 11 is 0. The van der Waals surface area contributed by atoms with E-state index in [-0.39, 0.29) is 6.03 Å². The Kier molecular flexibility index (Phi) is 6.95. The molecule has 0 saturated heterocycles. The summed E-state index contributed by atoms with van der Waals surface area (Å²) in [7, 11) is 3.68. The van der Waals surface area contributed by atoms with Crippen molar-refractivity contribution < 1.29 is 9.53 Å². The van der Waals surface area contributed by atoms with E-state index in [1.54, 1.807) is 7.11 Å². The number of nitrogens with zero attached hydrogens (tertiary/aromatic N) is 1. The van der Waals surface area contributed by atoms with Gasteiger partial charge in [0.1, 0.15) is 5.75 Å². The SMILES string of the molecule is COc1ccccc1CNC(=O)NCCCN(C)c1ccccc1. The summed E-state index contributed by atoms with van der Waals surface area (Å²) in [5.41, 5.74) is 2.14. The van der Waals surface area contributed by atoms with E-state index in [1.807, 2.05) is 42.5 Å². The molecule has 0 aromatic heterocycles. The van der Waals surface area contributed by atoms with E-state index in [2.05, 4.69) is 34.7 Å². The third-order valence-electron chi connectivity index (χ3n) is 3.78. The second-order valence-electron chi connectivity index (χ2n) is 5.53. The molecule has 0 saturated carbocycles. The summed E-state index contributed by atoms with van der Waals surface area (Å²) in [6.45, 7) is 1.96. The lowest BCUT2D eigenvalue weighted by molar-refractivity contribution is 0.240. The molecule has 2 rings (SSSR count). The molecular formula is C19H25N3O2. The van der Waals surface area contributed by atoms with Crippen molar-refractivity contribution in [3.63, 3.8) is 0 Å². The molecule has 0 spiro atoms. The number of methoxy groups -OCH3 is 1. The molecule has 0 fully saturated rings. The number of carbonyl (C=O) groups is 1. The van der Waals surface area contributed by atoms with Crippen LogP contribution in [0.1, 0.15) is 12.0 Å². The predicted octanol–water partition coefficient (Wildman–Crippen LogP) is 3.02. The highest BCUT2D eigenvalue weighted by atomic mass is 16.5. The summed E-state index contributed by atoms with van der Waals surface area (Å²) in [6.07, 6.45) is 0.882. The van der Waals surface area contributed by atoms with Gasteiger partial charge < -0.3 is 20.3 Å². The molecule has 0 aliphatic rings. The lowest BCUT2D eigenvalue weighted by Crippen LogP contribution is -2.36. The summed E-state index contributed by atoms with van der Waals surface area (Å²) in [6, 6.07) is 17.7. The van der Waals surface area contributed by atoms with Gasteiger partial charge in [0.05, 0.1) is 7.11 Å². The number of nitrogens with one attached hydrogen (secondary N) is 2. The molecule has 0 heterocycles. The molecule has 0 unspecified atom stereocenters. The molecule has 2 N–H and O–H groups in total. The van der Waals surface area contributed by atoms with Crippen LogP contribution in [0.4, 0.5) is 10.5 Å². The number of rotatable bonds is 8. The van der Waals surface area contributed by atoms with Crippen molar-refractivity contribution in [2.24, 2.45) is 0 Å². The number of urea groups is 1. The van der Waals surface area contributed by atoms with Gasteiger partial charge in [-0.15, -0.1) is 0 Å². The van der Waals surface area contributed by atoms with Gasteiger partial charge in [0.15, 0.2) is 0 Å². The zero-order valence-electron chi connectivity index (χ0n) is 14.3. The van der Waals surface area contributed by atoms with Crippen molar-refractivity contribution >= 4 is 11.7 Å². The Morgan fingerprint density at radius 3 is 2.50 bits per heavy atom. The Hall–Kier alpha value is -2.69. The maximum Gasteiger partial charge on any atom is 0.315 e. The topological polar surface area (TPSA) is 53.6 Å². The minimum Gasteiger partial charge on any atom is -0.496 e. The third-order valence-corrected chi connectivity index (χ3v) is 3.78. The first-order valence-corrected chi connectivity index (χ1v) is 8.10. The molecule has 128 valence electrons. The number of carbonyl (C=O) groups excluding carboxylic acids is 1. The summed E-state index contributed by atoms with van der Waals surface area (Å²) in [5, 5.41) is 5.73. The van der Waals surface area contributed by atoms with Gasteiger partial charge in [-0.1, -0.05) is 36.4 Å². The van der Waals surface area contributed by atoms with Crippen LogP contribution in [0.5, 0.6) is 5.75 Å². The van der Waals surface area contributed by atoms with Gasteiger partial charge in [-0.05, 0) is 24.6 Å². The van der Waals surface area contributed by atoms with Crippen LogP contribution in [-0.2, 0) is 6.54 Å². The lowest BCUT2D eigenvalue weighted by atomic mass is 10.2. The highest BCUT2D eigenvalue weighted by Crippen LogP contribution is 2.16. The van der Waals surface area contributed by atoms with Gasteiger partial charge in [-0.25, -0.2) is 4.79 Å². The van der Waals surface area contributed by atoms with E-state index in [0.29, 0.717) is 13.1 Å². The van der Waals surface area contributed by atoms with Crippen molar-refractivity contribution in [1.82, 2.24) is 10.6 Å². The number of para-hydroxylation sites is 2. The summed E-state index contributed by atoms with van der Waals surface area (Å²) in [5.74, 6) is 0.780. The lowest BCUT2D eigenvalue weighted by Gasteiger charge is -2.19. The number of benzene rings is 2. The predicted molar refractivity (Wildman–Crippen MR) is 97.6 cm³/mol. The summed E-state index contributed by atoms with van der Waals surface area (Å²) < 4.78 is 5.27. The molecule has 0 bridgehead atoms. The van der Waals surface area contributed by atoms with Gasteiger partial charge in [-0.2, -0.15) is 0 Å². The first-order chi connectivity index (χ1) is 11.7. The second-order valence-corrected chi connectivity index (χ2v) is 5.53. The standard InChI is InChI=1S/C19H25N3O2/c1-22(17-10-4-3-5-11-17)14-8-13-20-19(23)21-15-16-9-6-7-12-18(16)24-2/h3-7,9-12H,8,13-15H2,1-2H3,(H2,20,21,23). The molecule has 2 aromatic rings. The maximum absolute atomic E-state index is 11.9. The van der Waals surface area contributed by atoms with Crippen LogP contribution in [-0.4, -0.2) is 33.3 Å². The monoisotopic (exact) mass is 327 g/mol. The van der Waals surface area contributed by atoms with Crippen molar-refractivity contribution in [2.45, 2.75) is 13.0 Å². The minimum atomic E-state index is -0.164. The number of hydrogen-bond acceptors (Lipinski definition) is 3. The molecule has 5 nitrogen and oxygen atoms in total. The van der Waals surface area contributed by atoms with Gasteiger partial charge in [0.2, 0.25) is 0 Å². The zero-order valence-corrected chi connectivity index (χ0v) is 14.3. The Balaban J connectivity index is 1.65. The number of hydrogen-bond donors (Lipinski definition) is 2. The zero-order chi connectivity index (χ0) is 17.2. The highest BCUT2D eigenvalue weighted by Gasteiger charge is 2.05. The Morgan fingerprint density at radius 1 is 1.04 bits per heavy atom. The third kappa shape index (κ3) is 5.50. The largest absolute Gasteiger partial charge is 0.496 e. The maximum atomic E-state index is 11.9. The molecule has 0 atom stereocenters. The minimum absolute atomic E-state index is 0.164. The Bertz CT molecular complexity index is 632. The summed E-state index contributed by atoms with van der Waals surface area (Å²) in [4.78, 5) is 14.0. The number of ether oxygens (including phenoxy) is 1. The van der Waals surface area contributed by atoms with E-state index in [1.165, 1.54) is 5.69 Å². The van der Waals surface area contributed by atoms with Crippen LogP contribution in [0.15, 0.2) is 54.6 Å². The second kappa shape index (κ2) is 9.45. The van der Waals surface area contributed by atoms with E-state index in [9.17, 15) is 4.79 Å². The fourth-order valence-electron chi connectivity index (χ4n) is 2.42. The number of anilines is 1. The van der Waals surface area contributed by atoms with Gasteiger partial charge in [0.25, 0.3) is 0 Å². The molecule has 0 radical (unpaired) electrons. The quantitative estimate of drug-likeness (QED) is 0.733. The van der Waals surface area contributed by atoms with Crippen LogP contribution in [0.3, 0.4) is 0 Å². The fourth-order valence-corrected chi connectivity index (χ4v) is 2.42. The Labute approximate surface area is 143 Å².